The molecule has 0 aliphatic rings. The first-order chi connectivity index (χ1) is 12.7. The fraction of sp³-hybridized carbons (Fsp3) is 0.222. The maximum absolute atomic E-state index is 5.99. The number of nitrogen functional groups attached to an aromatic ring is 1. The monoisotopic (exact) mass is 348 g/mol. The molecule has 0 saturated carbocycles. The van der Waals surface area contributed by atoms with Gasteiger partial charge in [0.25, 0.3) is 0 Å². The zero-order valence-electron chi connectivity index (χ0n) is 14.5. The lowest BCUT2D eigenvalue weighted by molar-refractivity contribution is 0.603. The van der Waals surface area contributed by atoms with E-state index in [4.69, 9.17) is 5.73 Å². The van der Waals surface area contributed by atoms with Gasteiger partial charge in [-0.25, -0.2) is 15.0 Å². The Kier molecular flexibility index (Phi) is 4.22. The van der Waals surface area contributed by atoms with E-state index in [1.54, 1.807) is 18.6 Å². The molecule has 4 aromatic heterocycles. The molecule has 0 aromatic carbocycles. The molecule has 0 amide bonds. The Balaban J connectivity index is 1.53. The Hall–Kier alpha value is -3.42. The van der Waals surface area contributed by atoms with Crippen molar-refractivity contribution < 1.29 is 0 Å². The van der Waals surface area contributed by atoms with E-state index in [2.05, 4.69) is 32.3 Å². The van der Waals surface area contributed by atoms with Crippen LogP contribution in [-0.4, -0.2) is 29.1 Å². The molecular weight excluding hydrogens is 328 g/mol. The van der Waals surface area contributed by atoms with Crippen LogP contribution in [0.25, 0.3) is 16.9 Å². The number of pyridine rings is 1. The Labute approximate surface area is 150 Å². The second-order valence-corrected chi connectivity index (χ2v) is 6.06. The van der Waals surface area contributed by atoms with E-state index in [1.807, 2.05) is 39.8 Å². The molecule has 0 spiro atoms. The molecule has 0 bridgehead atoms. The first-order valence-corrected chi connectivity index (χ1v) is 8.54. The topological polar surface area (TPSA) is 99.0 Å². The molecule has 3 N–H and O–H groups in total. The number of fused-ring (bicyclic) bond motifs is 1. The molecule has 0 fully saturated rings. The van der Waals surface area contributed by atoms with Crippen molar-refractivity contribution in [3.8, 4) is 11.3 Å². The van der Waals surface area contributed by atoms with Crippen molar-refractivity contribution in [2.24, 2.45) is 0 Å². The van der Waals surface area contributed by atoms with Gasteiger partial charge >= 0.3 is 0 Å². The lowest BCUT2D eigenvalue weighted by atomic mass is 10.2. The molecule has 4 rings (SSSR count). The van der Waals surface area contributed by atoms with Crippen molar-refractivity contribution in [1.29, 1.82) is 0 Å². The summed E-state index contributed by atoms with van der Waals surface area (Å²) in [5.41, 5.74) is 9.67. The van der Waals surface area contributed by atoms with E-state index in [9.17, 15) is 0 Å². The molecule has 0 aliphatic carbocycles. The smallest absolute Gasteiger partial charge is 0.169 e. The molecule has 0 unspecified atom stereocenters. The van der Waals surface area contributed by atoms with Gasteiger partial charge in [0.1, 0.15) is 5.65 Å². The number of anilines is 2. The maximum atomic E-state index is 5.99. The summed E-state index contributed by atoms with van der Waals surface area (Å²) in [6.45, 7) is 3.59. The van der Waals surface area contributed by atoms with Gasteiger partial charge in [-0.2, -0.15) is 5.10 Å². The van der Waals surface area contributed by atoms with Crippen LogP contribution in [0.15, 0.2) is 49.3 Å². The first kappa shape index (κ1) is 16.1. The fourth-order valence-corrected chi connectivity index (χ4v) is 2.77. The molecule has 132 valence electrons. The number of rotatable bonds is 6. The van der Waals surface area contributed by atoms with E-state index < -0.39 is 0 Å². The third-order valence-corrected chi connectivity index (χ3v) is 4.09. The summed E-state index contributed by atoms with van der Waals surface area (Å²) in [6.07, 6.45) is 12.2. The van der Waals surface area contributed by atoms with Gasteiger partial charge in [-0.15, -0.1) is 0 Å². The number of hydrogen-bond donors (Lipinski definition) is 2. The summed E-state index contributed by atoms with van der Waals surface area (Å²) in [6, 6.07) is 4.00. The number of aromatic nitrogens is 6. The summed E-state index contributed by atoms with van der Waals surface area (Å²) >= 11 is 0. The van der Waals surface area contributed by atoms with Crippen molar-refractivity contribution in [2.45, 2.75) is 26.4 Å². The number of aryl methyl sites for hydroxylation is 1. The molecule has 4 aromatic rings. The zero-order valence-corrected chi connectivity index (χ0v) is 14.5. The van der Waals surface area contributed by atoms with Crippen LogP contribution in [0, 0.1) is 0 Å². The third kappa shape index (κ3) is 3.21. The van der Waals surface area contributed by atoms with Gasteiger partial charge in [-0.05, 0) is 18.1 Å². The molecule has 8 nitrogen and oxygen atoms in total. The van der Waals surface area contributed by atoms with Crippen molar-refractivity contribution >= 4 is 17.3 Å². The summed E-state index contributed by atoms with van der Waals surface area (Å²) in [5, 5.41) is 7.61. The summed E-state index contributed by atoms with van der Waals surface area (Å²) < 4.78 is 3.88. The molecule has 0 aliphatic heterocycles. The summed E-state index contributed by atoms with van der Waals surface area (Å²) in [4.78, 5) is 13.1. The van der Waals surface area contributed by atoms with Gasteiger partial charge in [-0.3, -0.25) is 4.68 Å². The highest BCUT2D eigenvalue weighted by molar-refractivity contribution is 5.64. The van der Waals surface area contributed by atoms with Crippen LogP contribution in [0.1, 0.15) is 18.9 Å². The van der Waals surface area contributed by atoms with Gasteiger partial charge in [0.05, 0.1) is 18.1 Å². The van der Waals surface area contributed by atoms with Crippen molar-refractivity contribution in [3.63, 3.8) is 0 Å². The van der Waals surface area contributed by atoms with Crippen LogP contribution < -0.4 is 11.1 Å². The maximum Gasteiger partial charge on any atom is 0.169 e. The third-order valence-electron chi connectivity index (χ3n) is 4.09. The van der Waals surface area contributed by atoms with Crippen LogP contribution in [0.5, 0.6) is 0 Å². The van der Waals surface area contributed by atoms with Crippen LogP contribution in [0.4, 0.5) is 11.6 Å². The van der Waals surface area contributed by atoms with Gasteiger partial charge in [0.2, 0.25) is 0 Å². The molecule has 8 heteroatoms. The average Bonchev–Trinajstić information content (AvgIpc) is 3.30. The van der Waals surface area contributed by atoms with E-state index in [-0.39, 0.29) is 0 Å². The lowest BCUT2D eigenvalue weighted by Gasteiger charge is -2.09. The number of imidazole rings is 1. The lowest BCUT2D eigenvalue weighted by Crippen LogP contribution is -2.07. The van der Waals surface area contributed by atoms with Crippen LogP contribution in [0.3, 0.4) is 0 Å². The minimum Gasteiger partial charge on any atom is -0.381 e. The predicted octanol–water partition coefficient (Wildman–Crippen LogP) is 2.59. The molecule has 4 heterocycles. The SMILES string of the molecule is CCCn1cc(-c2cnc(N)c(NCc3ccc4nccn4c3)n2)cn1. The number of nitrogens with two attached hydrogens (primary N) is 1. The van der Waals surface area contributed by atoms with E-state index in [0.29, 0.717) is 18.2 Å². The Morgan fingerprint density at radius 1 is 1.15 bits per heavy atom. The van der Waals surface area contributed by atoms with E-state index in [0.717, 1.165) is 35.4 Å². The van der Waals surface area contributed by atoms with Crippen LogP contribution in [-0.2, 0) is 13.1 Å². The molecule has 0 atom stereocenters. The molecule has 0 radical (unpaired) electrons. The number of hydrogen-bond acceptors (Lipinski definition) is 6. The number of nitrogens with zero attached hydrogens (tertiary/aromatic N) is 6. The Morgan fingerprint density at radius 2 is 2.08 bits per heavy atom. The minimum absolute atomic E-state index is 0.374. The standard InChI is InChI=1S/C18H20N8/c1-2-6-26-12-14(9-23-26)15-10-21-17(19)18(24-15)22-8-13-3-4-16-20-5-7-25(16)11-13/h3-5,7,9-12H,2,6,8H2,1H3,(H2,19,21)(H,22,24). The average molecular weight is 348 g/mol. The van der Waals surface area contributed by atoms with Crippen LogP contribution in [0.2, 0.25) is 0 Å². The minimum atomic E-state index is 0.374. The Morgan fingerprint density at radius 3 is 2.96 bits per heavy atom. The van der Waals surface area contributed by atoms with Gasteiger partial charge in [0.15, 0.2) is 11.6 Å². The highest BCUT2D eigenvalue weighted by Gasteiger charge is 2.09. The normalized spacial score (nSPS) is 11.1. The van der Waals surface area contributed by atoms with Gasteiger partial charge in [-0.1, -0.05) is 13.0 Å². The largest absolute Gasteiger partial charge is 0.381 e. The van der Waals surface area contributed by atoms with Crippen molar-refractivity contribution in [3.05, 3.63) is 54.9 Å². The second kappa shape index (κ2) is 6.83. The summed E-state index contributed by atoms with van der Waals surface area (Å²) in [5.74, 6) is 0.940. The molecular formula is C18H20N8. The summed E-state index contributed by atoms with van der Waals surface area (Å²) in [7, 11) is 0. The van der Waals surface area contributed by atoms with Gasteiger partial charge < -0.3 is 15.5 Å². The van der Waals surface area contributed by atoms with Crippen LogP contribution >= 0.6 is 0 Å². The number of nitrogens with one attached hydrogen (secondary N) is 1. The van der Waals surface area contributed by atoms with E-state index in [1.165, 1.54) is 0 Å². The highest BCUT2D eigenvalue weighted by atomic mass is 15.3. The first-order valence-electron chi connectivity index (χ1n) is 8.54. The quantitative estimate of drug-likeness (QED) is 0.556. The molecule has 26 heavy (non-hydrogen) atoms. The van der Waals surface area contributed by atoms with E-state index >= 15 is 0 Å². The van der Waals surface area contributed by atoms with Gasteiger partial charge in [0, 0.05) is 43.4 Å². The zero-order chi connectivity index (χ0) is 17.9. The second-order valence-electron chi connectivity index (χ2n) is 6.06. The van der Waals surface area contributed by atoms with Crippen molar-refractivity contribution in [2.75, 3.05) is 11.1 Å². The molecule has 0 saturated heterocycles. The Bertz CT molecular complexity index is 1030. The van der Waals surface area contributed by atoms with Crippen molar-refractivity contribution in [1.82, 2.24) is 29.1 Å². The predicted molar refractivity (Wildman–Crippen MR) is 100 cm³/mol. The highest BCUT2D eigenvalue weighted by Crippen LogP contribution is 2.21. The fourth-order valence-electron chi connectivity index (χ4n) is 2.77.